The summed E-state index contributed by atoms with van der Waals surface area (Å²) in [7, 11) is -2.61. The van der Waals surface area contributed by atoms with E-state index in [1.807, 2.05) is 4.72 Å². The third-order valence-electron chi connectivity index (χ3n) is 6.24. The highest BCUT2D eigenvalue weighted by Crippen LogP contribution is 2.44. The molecule has 2 aromatic rings. The molecule has 1 aromatic carbocycles. The molecule has 31 heavy (non-hydrogen) atoms. The second kappa shape index (κ2) is 8.09. The number of hydrogen-bond donors (Lipinski definition) is 1. The standard InChI is InChI=1S/C19H22ClF3N4O2S2/c1-19(13-4-3-6-26(13)2)5-7-27(10-19)12-8-11(21)17(16(23)15(12)20)31(28,29)25-18-24-9-14(22)30-18/h8-9,13H,3-7,10H2,1-2H3,(H,24,25)/t13-,19+/m0/s1. The summed E-state index contributed by atoms with van der Waals surface area (Å²) in [5.74, 6) is -2.65. The van der Waals surface area contributed by atoms with E-state index in [2.05, 4.69) is 23.9 Å². The number of likely N-dealkylation sites (tertiary alicyclic amines) is 1. The van der Waals surface area contributed by atoms with Crippen molar-refractivity contribution in [3.8, 4) is 0 Å². The van der Waals surface area contributed by atoms with E-state index >= 15 is 4.39 Å². The molecular weight excluding hydrogens is 473 g/mol. The van der Waals surface area contributed by atoms with Crippen LogP contribution in [0.15, 0.2) is 17.2 Å². The lowest BCUT2D eigenvalue weighted by Gasteiger charge is -2.36. The van der Waals surface area contributed by atoms with E-state index in [1.54, 1.807) is 4.90 Å². The number of halogens is 4. The number of aromatic nitrogens is 1. The van der Waals surface area contributed by atoms with Crippen LogP contribution in [0.3, 0.4) is 0 Å². The molecule has 0 amide bonds. The summed E-state index contributed by atoms with van der Waals surface area (Å²) in [5, 5.41) is -1.54. The Morgan fingerprint density at radius 3 is 2.68 bits per heavy atom. The molecule has 0 bridgehead atoms. The molecule has 170 valence electrons. The van der Waals surface area contributed by atoms with E-state index in [0.717, 1.165) is 38.1 Å². The van der Waals surface area contributed by atoms with E-state index in [1.165, 1.54) is 0 Å². The number of thiazole rings is 1. The summed E-state index contributed by atoms with van der Waals surface area (Å²) in [6.07, 6.45) is 3.82. The van der Waals surface area contributed by atoms with Crippen molar-refractivity contribution in [3.63, 3.8) is 0 Å². The predicted molar refractivity (Wildman–Crippen MR) is 115 cm³/mol. The van der Waals surface area contributed by atoms with Crippen LogP contribution in [-0.2, 0) is 10.0 Å². The minimum Gasteiger partial charge on any atom is -0.370 e. The molecule has 1 aromatic heterocycles. The Morgan fingerprint density at radius 2 is 2.06 bits per heavy atom. The molecule has 2 aliphatic heterocycles. The topological polar surface area (TPSA) is 65.5 Å². The van der Waals surface area contributed by atoms with Crippen molar-refractivity contribution in [1.29, 1.82) is 0 Å². The summed E-state index contributed by atoms with van der Waals surface area (Å²) in [6, 6.07) is 1.32. The molecule has 2 saturated heterocycles. The lowest BCUT2D eigenvalue weighted by molar-refractivity contribution is 0.153. The average molecular weight is 495 g/mol. The van der Waals surface area contributed by atoms with Gasteiger partial charge in [-0.15, -0.1) is 0 Å². The molecule has 0 radical (unpaired) electrons. The fourth-order valence-electron chi connectivity index (χ4n) is 4.76. The molecule has 1 N–H and O–H groups in total. The van der Waals surface area contributed by atoms with Gasteiger partial charge < -0.3 is 9.80 Å². The molecule has 3 heterocycles. The summed E-state index contributed by atoms with van der Waals surface area (Å²) in [4.78, 5) is 6.42. The minimum absolute atomic E-state index is 0.0667. The van der Waals surface area contributed by atoms with Crippen LogP contribution in [0, 0.1) is 22.2 Å². The van der Waals surface area contributed by atoms with Crippen LogP contribution >= 0.6 is 22.9 Å². The van der Waals surface area contributed by atoms with Crippen LogP contribution < -0.4 is 9.62 Å². The highest BCUT2D eigenvalue weighted by atomic mass is 35.5. The zero-order valence-corrected chi connectivity index (χ0v) is 19.4. The summed E-state index contributed by atoms with van der Waals surface area (Å²) in [6.45, 7) is 4.30. The van der Waals surface area contributed by atoms with Crippen molar-refractivity contribution < 1.29 is 21.6 Å². The molecule has 2 atom stereocenters. The summed E-state index contributed by atoms with van der Waals surface area (Å²) >= 11 is 6.59. The van der Waals surface area contributed by atoms with Crippen LogP contribution in [0.25, 0.3) is 0 Å². The Bertz CT molecular complexity index is 1110. The van der Waals surface area contributed by atoms with Gasteiger partial charge in [-0.2, -0.15) is 4.39 Å². The van der Waals surface area contributed by atoms with Gasteiger partial charge in [-0.05, 0) is 32.9 Å². The lowest BCUT2D eigenvalue weighted by atomic mass is 9.80. The smallest absolute Gasteiger partial charge is 0.269 e. The zero-order valence-electron chi connectivity index (χ0n) is 17.0. The highest BCUT2D eigenvalue weighted by molar-refractivity contribution is 7.93. The Labute approximate surface area is 188 Å². The second-order valence-electron chi connectivity index (χ2n) is 8.37. The molecule has 6 nitrogen and oxygen atoms in total. The van der Waals surface area contributed by atoms with Gasteiger partial charge >= 0.3 is 0 Å². The molecule has 0 unspecified atom stereocenters. The van der Waals surface area contributed by atoms with Crippen LogP contribution in [-0.4, -0.2) is 51.0 Å². The van der Waals surface area contributed by atoms with Gasteiger partial charge in [0.1, 0.15) is 10.8 Å². The van der Waals surface area contributed by atoms with E-state index in [-0.39, 0.29) is 16.2 Å². The average Bonchev–Trinajstić information content (AvgIpc) is 3.39. The first-order chi connectivity index (χ1) is 14.5. The Kier molecular flexibility index (Phi) is 5.91. The summed E-state index contributed by atoms with van der Waals surface area (Å²) in [5.41, 5.74) is 0.0585. The molecule has 12 heteroatoms. The molecule has 4 rings (SSSR count). The molecule has 0 spiro atoms. The van der Waals surface area contributed by atoms with Gasteiger partial charge in [0.25, 0.3) is 10.0 Å². The second-order valence-corrected chi connectivity index (χ2v) is 11.4. The van der Waals surface area contributed by atoms with Crippen molar-refractivity contribution in [2.75, 3.05) is 36.3 Å². The van der Waals surface area contributed by atoms with E-state index < -0.39 is 36.7 Å². The number of nitrogens with zero attached hydrogens (tertiary/aromatic N) is 3. The molecule has 0 saturated carbocycles. The maximum atomic E-state index is 15.0. The minimum atomic E-state index is -4.70. The van der Waals surface area contributed by atoms with E-state index in [0.29, 0.717) is 30.5 Å². The fourth-order valence-corrected chi connectivity index (χ4v) is 7.02. The third kappa shape index (κ3) is 4.12. The Hall–Kier alpha value is -1.56. The lowest BCUT2D eigenvalue weighted by Crippen LogP contribution is -2.42. The number of rotatable bonds is 5. The Morgan fingerprint density at radius 1 is 1.32 bits per heavy atom. The highest BCUT2D eigenvalue weighted by Gasteiger charge is 2.44. The van der Waals surface area contributed by atoms with Gasteiger partial charge in [-0.3, -0.25) is 4.72 Å². The molecular formula is C19H22ClF3N4O2S2. The molecule has 0 aliphatic carbocycles. The first-order valence-corrected chi connectivity index (χ1v) is 12.5. The fraction of sp³-hybridized carbons (Fsp3) is 0.526. The van der Waals surface area contributed by atoms with Crippen molar-refractivity contribution in [1.82, 2.24) is 9.88 Å². The first kappa shape index (κ1) is 22.6. The zero-order chi connectivity index (χ0) is 22.6. The van der Waals surface area contributed by atoms with E-state index in [9.17, 15) is 17.2 Å². The van der Waals surface area contributed by atoms with Gasteiger partial charge in [-0.25, -0.2) is 22.2 Å². The quantitative estimate of drug-likeness (QED) is 0.627. The van der Waals surface area contributed by atoms with E-state index in [4.69, 9.17) is 11.6 Å². The SMILES string of the molecule is CN1CCC[C@H]1[C@]1(C)CCN(c2cc(F)c(S(=O)(=O)Nc3ncc(F)s3)c(F)c2Cl)C1. The van der Waals surface area contributed by atoms with Crippen molar-refractivity contribution in [2.45, 2.75) is 37.1 Å². The summed E-state index contributed by atoms with van der Waals surface area (Å²) < 4.78 is 69.9. The van der Waals surface area contributed by atoms with Gasteiger partial charge in [0.05, 0.1) is 11.9 Å². The number of sulfonamides is 1. The van der Waals surface area contributed by atoms with Crippen LogP contribution in [0.5, 0.6) is 0 Å². The van der Waals surface area contributed by atoms with Gasteiger partial charge in [0, 0.05) is 30.6 Å². The number of hydrogen-bond acceptors (Lipinski definition) is 6. The predicted octanol–water partition coefficient (Wildman–Crippen LogP) is 4.33. The van der Waals surface area contributed by atoms with Crippen LogP contribution in [0.2, 0.25) is 5.02 Å². The monoisotopic (exact) mass is 494 g/mol. The van der Waals surface area contributed by atoms with Gasteiger partial charge in [0.15, 0.2) is 21.0 Å². The van der Waals surface area contributed by atoms with Gasteiger partial charge in [-0.1, -0.05) is 29.9 Å². The largest absolute Gasteiger partial charge is 0.370 e. The normalized spacial score (nSPS) is 24.8. The third-order valence-corrected chi connectivity index (χ3v) is 8.80. The van der Waals surface area contributed by atoms with Crippen LogP contribution in [0.4, 0.5) is 24.0 Å². The van der Waals surface area contributed by atoms with Gasteiger partial charge in [0.2, 0.25) is 0 Å². The molecule has 2 fully saturated rings. The van der Waals surface area contributed by atoms with Crippen molar-refractivity contribution in [3.05, 3.63) is 34.1 Å². The Balaban J connectivity index is 1.63. The number of anilines is 2. The molecule has 2 aliphatic rings. The van der Waals surface area contributed by atoms with Crippen molar-refractivity contribution >= 4 is 43.8 Å². The number of nitrogens with one attached hydrogen (secondary N) is 1. The first-order valence-electron chi connectivity index (χ1n) is 9.79. The van der Waals surface area contributed by atoms with Crippen molar-refractivity contribution in [2.24, 2.45) is 5.41 Å². The maximum absolute atomic E-state index is 15.0. The number of benzene rings is 1. The van der Waals surface area contributed by atoms with Crippen LogP contribution in [0.1, 0.15) is 26.2 Å². The maximum Gasteiger partial charge on any atom is 0.269 e.